The van der Waals surface area contributed by atoms with E-state index < -0.39 is 0 Å². The number of carbonyl (C=O) groups is 1. The largest absolute Gasteiger partial charge is 0.491 e. The Bertz CT molecular complexity index is 805. The van der Waals surface area contributed by atoms with Gasteiger partial charge < -0.3 is 14.5 Å². The third kappa shape index (κ3) is 4.50. The van der Waals surface area contributed by atoms with Gasteiger partial charge in [0.25, 0.3) is 5.91 Å². The molecule has 6 heteroatoms. The maximum atomic E-state index is 12.2. The number of rotatable bonds is 7. The van der Waals surface area contributed by atoms with Crippen LogP contribution in [0.5, 0.6) is 5.75 Å². The molecule has 0 saturated carbocycles. The van der Waals surface area contributed by atoms with E-state index in [1.54, 1.807) is 47.7 Å². The molecule has 0 radical (unpaired) electrons. The Hall–Kier alpha value is -3.02. The molecule has 1 aromatic carbocycles. The number of benzene rings is 1. The van der Waals surface area contributed by atoms with Gasteiger partial charge in [0.1, 0.15) is 5.75 Å². The number of nitrogens with one attached hydrogen (secondary N) is 1. The summed E-state index contributed by atoms with van der Waals surface area (Å²) < 4.78 is 12.4. The average Bonchev–Trinajstić information content (AvgIpc) is 3.26. The molecule has 2 heterocycles. The first-order valence-corrected chi connectivity index (χ1v) is 8.22. The lowest BCUT2D eigenvalue weighted by molar-refractivity contribution is 0.0952. The zero-order valence-corrected chi connectivity index (χ0v) is 14.3. The van der Waals surface area contributed by atoms with Crippen LogP contribution in [0.25, 0.3) is 11.1 Å². The van der Waals surface area contributed by atoms with Crippen molar-refractivity contribution in [1.29, 1.82) is 0 Å². The lowest BCUT2D eigenvalue weighted by atomic mass is 10.2. The van der Waals surface area contributed by atoms with Crippen LogP contribution in [0.2, 0.25) is 0 Å². The van der Waals surface area contributed by atoms with E-state index in [9.17, 15) is 4.79 Å². The second kappa shape index (κ2) is 7.70. The summed E-state index contributed by atoms with van der Waals surface area (Å²) in [6.07, 6.45) is 7.12. The fourth-order valence-electron chi connectivity index (χ4n) is 2.41. The van der Waals surface area contributed by atoms with E-state index in [0.717, 1.165) is 16.9 Å². The van der Waals surface area contributed by atoms with E-state index in [-0.39, 0.29) is 12.0 Å². The van der Waals surface area contributed by atoms with Crippen LogP contribution in [0.3, 0.4) is 0 Å². The van der Waals surface area contributed by atoms with Gasteiger partial charge in [-0.25, -0.2) is 0 Å². The van der Waals surface area contributed by atoms with Gasteiger partial charge in [-0.05, 0) is 44.2 Å². The van der Waals surface area contributed by atoms with E-state index in [1.807, 2.05) is 26.1 Å². The van der Waals surface area contributed by atoms with Crippen LogP contribution in [0, 0.1) is 0 Å². The van der Waals surface area contributed by atoms with E-state index >= 15 is 0 Å². The van der Waals surface area contributed by atoms with Crippen LogP contribution >= 0.6 is 0 Å². The molecule has 0 aliphatic rings. The monoisotopic (exact) mass is 339 g/mol. The Labute approximate surface area is 146 Å². The molecule has 2 aromatic heterocycles. The van der Waals surface area contributed by atoms with Gasteiger partial charge in [-0.15, -0.1) is 0 Å². The van der Waals surface area contributed by atoms with E-state index in [4.69, 9.17) is 9.15 Å². The van der Waals surface area contributed by atoms with Crippen molar-refractivity contribution in [3.8, 4) is 16.9 Å². The zero-order chi connectivity index (χ0) is 17.6. The molecule has 0 fully saturated rings. The first kappa shape index (κ1) is 16.8. The summed E-state index contributed by atoms with van der Waals surface area (Å²) in [4.78, 5) is 12.2. The van der Waals surface area contributed by atoms with Crippen molar-refractivity contribution in [3.05, 3.63) is 60.8 Å². The topological polar surface area (TPSA) is 69.3 Å². The number of amides is 1. The molecule has 1 N–H and O–H groups in total. The molecule has 6 nitrogen and oxygen atoms in total. The van der Waals surface area contributed by atoms with Gasteiger partial charge in [0.2, 0.25) is 0 Å². The van der Waals surface area contributed by atoms with E-state index in [2.05, 4.69) is 10.4 Å². The van der Waals surface area contributed by atoms with E-state index in [0.29, 0.717) is 18.7 Å². The van der Waals surface area contributed by atoms with Crippen LogP contribution in [-0.4, -0.2) is 28.3 Å². The molecular formula is C19H21N3O3. The molecule has 1 amide bonds. The van der Waals surface area contributed by atoms with E-state index in [1.165, 1.54) is 0 Å². The first-order valence-electron chi connectivity index (χ1n) is 8.22. The summed E-state index contributed by atoms with van der Waals surface area (Å²) in [6, 6.07) is 9.02. The quantitative estimate of drug-likeness (QED) is 0.716. The number of aromatic nitrogens is 2. The second-order valence-electron chi connectivity index (χ2n) is 5.95. The molecule has 0 atom stereocenters. The van der Waals surface area contributed by atoms with Gasteiger partial charge in [-0.1, -0.05) is 0 Å². The molecule has 130 valence electrons. The number of hydrogen-bond acceptors (Lipinski definition) is 4. The van der Waals surface area contributed by atoms with Crippen molar-refractivity contribution in [2.75, 3.05) is 6.54 Å². The molecule has 0 spiro atoms. The summed E-state index contributed by atoms with van der Waals surface area (Å²) in [5.41, 5.74) is 2.58. The Morgan fingerprint density at radius 3 is 2.72 bits per heavy atom. The Kier molecular flexibility index (Phi) is 5.18. The fourth-order valence-corrected chi connectivity index (χ4v) is 2.41. The van der Waals surface area contributed by atoms with Crippen molar-refractivity contribution in [2.45, 2.75) is 26.5 Å². The maximum absolute atomic E-state index is 12.2. The number of hydrogen-bond donors (Lipinski definition) is 1. The highest BCUT2D eigenvalue weighted by molar-refractivity contribution is 5.94. The summed E-state index contributed by atoms with van der Waals surface area (Å²) in [5, 5.41) is 7.18. The van der Waals surface area contributed by atoms with Crippen LogP contribution in [0.1, 0.15) is 24.2 Å². The standard InChI is InChI=1S/C19H21N3O3/c1-14(2)25-18-5-3-15(4-6-18)19(23)20-8-9-22-12-17(11-21-22)16-7-10-24-13-16/h3-7,10-14H,8-9H2,1-2H3,(H,20,23). The van der Waals surface area contributed by atoms with Crippen molar-refractivity contribution < 1.29 is 13.9 Å². The number of furan rings is 1. The highest BCUT2D eigenvalue weighted by Crippen LogP contribution is 2.18. The van der Waals surface area contributed by atoms with Gasteiger partial charge in [0, 0.05) is 29.4 Å². The second-order valence-corrected chi connectivity index (χ2v) is 5.95. The minimum atomic E-state index is -0.113. The predicted octanol–water partition coefficient (Wildman–Crippen LogP) is 3.36. The molecule has 0 saturated heterocycles. The minimum absolute atomic E-state index is 0.112. The van der Waals surface area contributed by atoms with Gasteiger partial charge in [0.15, 0.2) is 0 Å². The number of carbonyl (C=O) groups excluding carboxylic acids is 1. The lowest BCUT2D eigenvalue weighted by Gasteiger charge is -2.10. The van der Waals surface area contributed by atoms with Gasteiger partial charge in [-0.2, -0.15) is 5.10 Å². The van der Waals surface area contributed by atoms with Crippen molar-refractivity contribution >= 4 is 5.91 Å². The van der Waals surface area contributed by atoms with Gasteiger partial charge >= 0.3 is 0 Å². The normalized spacial score (nSPS) is 10.8. The molecule has 0 aliphatic heterocycles. The number of nitrogens with zero attached hydrogens (tertiary/aromatic N) is 2. The first-order chi connectivity index (χ1) is 12.1. The Balaban J connectivity index is 1.49. The maximum Gasteiger partial charge on any atom is 0.251 e. The van der Waals surface area contributed by atoms with Crippen LogP contribution < -0.4 is 10.1 Å². The summed E-state index contributed by atoms with van der Waals surface area (Å²) in [7, 11) is 0. The summed E-state index contributed by atoms with van der Waals surface area (Å²) in [5.74, 6) is 0.646. The van der Waals surface area contributed by atoms with Gasteiger partial charge in [-0.3, -0.25) is 9.48 Å². The predicted molar refractivity (Wildman–Crippen MR) is 94.5 cm³/mol. The molecule has 3 aromatic rings. The molecule has 3 rings (SSSR count). The Morgan fingerprint density at radius 2 is 2.04 bits per heavy atom. The minimum Gasteiger partial charge on any atom is -0.491 e. The molecular weight excluding hydrogens is 318 g/mol. The summed E-state index contributed by atoms with van der Waals surface area (Å²) >= 11 is 0. The van der Waals surface area contributed by atoms with Crippen LogP contribution in [0.4, 0.5) is 0 Å². The molecule has 25 heavy (non-hydrogen) atoms. The smallest absolute Gasteiger partial charge is 0.251 e. The summed E-state index contributed by atoms with van der Waals surface area (Å²) in [6.45, 7) is 5.02. The molecule has 0 bridgehead atoms. The number of ether oxygens (including phenoxy) is 1. The SMILES string of the molecule is CC(C)Oc1ccc(C(=O)NCCn2cc(-c3ccoc3)cn2)cc1. The van der Waals surface area contributed by atoms with Crippen LogP contribution in [-0.2, 0) is 6.54 Å². The zero-order valence-electron chi connectivity index (χ0n) is 14.3. The molecule has 0 aliphatic carbocycles. The highest BCUT2D eigenvalue weighted by Gasteiger charge is 2.07. The van der Waals surface area contributed by atoms with Gasteiger partial charge in [0.05, 0.1) is 31.4 Å². The highest BCUT2D eigenvalue weighted by atomic mass is 16.5. The van der Waals surface area contributed by atoms with Crippen molar-refractivity contribution in [1.82, 2.24) is 15.1 Å². The Morgan fingerprint density at radius 1 is 1.24 bits per heavy atom. The van der Waals surface area contributed by atoms with Crippen molar-refractivity contribution in [3.63, 3.8) is 0 Å². The van der Waals surface area contributed by atoms with Crippen molar-refractivity contribution in [2.24, 2.45) is 0 Å². The lowest BCUT2D eigenvalue weighted by Crippen LogP contribution is -2.27. The third-order valence-electron chi connectivity index (χ3n) is 3.60. The third-order valence-corrected chi connectivity index (χ3v) is 3.60. The van der Waals surface area contributed by atoms with Crippen LogP contribution in [0.15, 0.2) is 59.7 Å². The fraction of sp³-hybridized carbons (Fsp3) is 0.263. The average molecular weight is 339 g/mol. The molecule has 0 unspecified atom stereocenters.